The summed E-state index contributed by atoms with van der Waals surface area (Å²) in [4.78, 5) is 28.1. The van der Waals surface area contributed by atoms with Gasteiger partial charge in [-0.25, -0.2) is 0 Å². The molecule has 0 radical (unpaired) electrons. The van der Waals surface area contributed by atoms with Crippen LogP contribution in [-0.2, 0) is 9.59 Å². The number of carboxylic acids is 1. The van der Waals surface area contributed by atoms with Crippen molar-refractivity contribution in [3.05, 3.63) is 0 Å². The minimum absolute atomic E-state index is 0.0622. The van der Waals surface area contributed by atoms with Crippen LogP contribution < -0.4 is 5.32 Å². The summed E-state index contributed by atoms with van der Waals surface area (Å²) < 4.78 is 0. The van der Waals surface area contributed by atoms with Gasteiger partial charge in [-0.2, -0.15) is 0 Å². The number of hydrogen-bond acceptors (Lipinski definition) is 4. The maximum Gasteiger partial charge on any atom is 0.305 e. The third-order valence-electron chi connectivity index (χ3n) is 4.18. The van der Waals surface area contributed by atoms with E-state index in [1.807, 2.05) is 19.0 Å². The van der Waals surface area contributed by atoms with Crippen molar-refractivity contribution in [2.45, 2.75) is 51.6 Å². The van der Waals surface area contributed by atoms with Gasteiger partial charge in [-0.3, -0.25) is 9.59 Å². The van der Waals surface area contributed by atoms with E-state index in [0.717, 1.165) is 24.4 Å². The highest BCUT2D eigenvalue weighted by Crippen LogP contribution is 2.22. The molecule has 2 N–H and O–H groups in total. The van der Waals surface area contributed by atoms with Gasteiger partial charge in [0.2, 0.25) is 5.91 Å². The summed E-state index contributed by atoms with van der Waals surface area (Å²) in [6, 6.07) is 0.118. The van der Waals surface area contributed by atoms with E-state index in [0.29, 0.717) is 18.4 Å². The molecule has 132 valence electrons. The second kappa shape index (κ2) is 9.17. The van der Waals surface area contributed by atoms with E-state index in [9.17, 15) is 9.59 Å². The van der Waals surface area contributed by atoms with Crippen LogP contribution in [0.4, 0.5) is 0 Å². The molecule has 1 heterocycles. The molecular formula is C16H29N3O3S. The highest BCUT2D eigenvalue weighted by molar-refractivity contribution is 7.80. The molecule has 23 heavy (non-hydrogen) atoms. The zero-order chi connectivity index (χ0) is 17.6. The molecule has 1 aliphatic heterocycles. The first-order chi connectivity index (χ1) is 10.7. The first kappa shape index (κ1) is 19.8. The Morgan fingerprint density at radius 1 is 1.43 bits per heavy atom. The molecule has 0 spiro atoms. The number of likely N-dealkylation sites (tertiary alicyclic amines) is 1. The molecule has 0 aromatic rings. The number of piperidine rings is 1. The number of rotatable bonds is 8. The summed E-state index contributed by atoms with van der Waals surface area (Å²) >= 11 is 5.55. The fraction of sp³-hybridized carbons (Fsp3) is 0.812. The van der Waals surface area contributed by atoms with Crippen molar-refractivity contribution in [2.75, 3.05) is 27.2 Å². The molecule has 2 atom stereocenters. The van der Waals surface area contributed by atoms with Gasteiger partial charge in [-0.05, 0) is 32.9 Å². The standard InChI is InChI=1S/C16H29N3O3S/c1-11(2)9-13(16(22)17-7-5-15(20)21)19-8-6-12(18(3)4)10-14(19)23/h11-13H,5-10H2,1-4H3,(H,17,22)(H,20,21). The maximum absolute atomic E-state index is 12.5. The molecular weight excluding hydrogens is 314 g/mol. The quantitative estimate of drug-likeness (QED) is 0.648. The van der Waals surface area contributed by atoms with Gasteiger partial charge in [0.05, 0.1) is 11.4 Å². The number of amides is 1. The Hall–Kier alpha value is -1.21. The lowest BCUT2D eigenvalue weighted by atomic mass is 9.97. The highest BCUT2D eigenvalue weighted by Gasteiger charge is 2.33. The summed E-state index contributed by atoms with van der Waals surface area (Å²) in [6.45, 7) is 5.08. The van der Waals surface area contributed by atoms with Gasteiger partial charge in [-0.1, -0.05) is 26.1 Å². The average molecular weight is 343 g/mol. The van der Waals surface area contributed by atoms with Crippen LogP contribution in [0.1, 0.15) is 39.5 Å². The lowest BCUT2D eigenvalue weighted by Gasteiger charge is -2.41. The van der Waals surface area contributed by atoms with E-state index in [-0.39, 0.29) is 24.9 Å². The van der Waals surface area contributed by atoms with Gasteiger partial charge in [0.25, 0.3) is 0 Å². The fourth-order valence-electron chi connectivity index (χ4n) is 2.84. The lowest BCUT2D eigenvalue weighted by molar-refractivity contribution is -0.137. The Labute approximate surface area is 144 Å². The molecule has 0 aromatic heterocycles. The smallest absolute Gasteiger partial charge is 0.305 e. The fourth-order valence-corrected chi connectivity index (χ4v) is 3.25. The minimum atomic E-state index is -0.909. The van der Waals surface area contributed by atoms with Crippen molar-refractivity contribution < 1.29 is 14.7 Å². The minimum Gasteiger partial charge on any atom is -0.481 e. The first-order valence-corrected chi connectivity index (χ1v) is 8.58. The first-order valence-electron chi connectivity index (χ1n) is 8.17. The van der Waals surface area contributed by atoms with E-state index < -0.39 is 5.97 Å². The summed E-state index contributed by atoms with van der Waals surface area (Å²) in [6.07, 6.45) is 2.42. The third kappa shape index (κ3) is 6.43. The topological polar surface area (TPSA) is 72.9 Å². The molecule has 0 bridgehead atoms. The molecule has 1 fully saturated rings. The van der Waals surface area contributed by atoms with Gasteiger partial charge in [0.1, 0.15) is 6.04 Å². The van der Waals surface area contributed by atoms with Crippen molar-refractivity contribution in [1.29, 1.82) is 0 Å². The van der Waals surface area contributed by atoms with E-state index >= 15 is 0 Å². The van der Waals surface area contributed by atoms with Crippen molar-refractivity contribution in [3.63, 3.8) is 0 Å². The number of hydrogen-bond donors (Lipinski definition) is 2. The zero-order valence-corrected chi connectivity index (χ0v) is 15.4. The van der Waals surface area contributed by atoms with Crippen LogP contribution in [0, 0.1) is 5.92 Å². The molecule has 1 rings (SSSR count). The molecule has 6 nitrogen and oxygen atoms in total. The SMILES string of the molecule is CC(C)CC(C(=O)NCCC(=O)O)N1CCC(N(C)C)CC1=S. The number of carboxylic acid groups (broad SMARTS) is 1. The Morgan fingerprint density at radius 3 is 2.57 bits per heavy atom. The number of aliphatic carboxylic acids is 1. The van der Waals surface area contributed by atoms with Crippen LogP contribution >= 0.6 is 12.2 Å². The predicted octanol–water partition coefficient (Wildman–Crippen LogP) is 1.35. The summed E-state index contributed by atoms with van der Waals surface area (Å²) in [5.41, 5.74) is 0. The summed E-state index contributed by atoms with van der Waals surface area (Å²) in [5, 5.41) is 11.4. The Morgan fingerprint density at radius 2 is 2.09 bits per heavy atom. The van der Waals surface area contributed by atoms with Gasteiger partial charge in [-0.15, -0.1) is 0 Å². The van der Waals surface area contributed by atoms with Crippen LogP contribution in [0.2, 0.25) is 0 Å². The summed E-state index contributed by atoms with van der Waals surface area (Å²) in [7, 11) is 4.10. The van der Waals surface area contributed by atoms with Crippen LogP contribution in [-0.4, -0.2) is 71.0 Å². The van der Waals surface area contributed by atoms with Crippen molar-refractivity contribution in [1.82, 2.24) is 15.1 Å². The van der Waals surface area contributed by atoms with Gasteiger partial charge in [0, 0.05) is 25.6 Å². The van der Waals surface area contributed by atoms with Gasteiger partial charge >= 0.3 is 5.97 Å². The second-order valence-corrected chi connectivity index (χ2v) is 7.25. The molecule has 0 saturated carbocycles. The van der Waals surface area contributed by atoms with Crippen molar-refractivity contribution in [2.24, 2.45) is 5.92 Å². The van der Waals surface area contributed by atoms with Crippen molar-refractivity contribution in [3.8, 4) is 0 Å². The molecule has 1 aliphatic rings. The maximum atomic E-state index is 12.5. The van der Waals surface area contributed by atoms with E-state index in [1.54, 1.807) is 0 Å². The zero-order valence-electron chi connectivity index (χ0n) is 14.5. The Balaban J connectivity index is 2.71. The van der Waals surface area contributed by atoms with Gasteiger partial charge in [0.15, 0.2) is 0 Å². The summed E-state index contributed by atoms with van der Waals surface area (Å²) in [5.74, 6) is -0.668. The molecule has 0 aromatic carbocycles. The third-order valence-corrected chi connectivity index (χ3v) is 4.58. The normalized spacial score (nSPS) is 20.0. The number of nitrogens with one attached hydrogen (secondary N) is 1. The van der Waals surface area contributed by atoms with Crippen LogP contribution in [0.5, 0.6) is 0 Å². The molecule has 0 aliphatic carbocycles. The average Bonchev–Trinajstić information content (AvgIpc) is 2.44. The Kier molecular flexibility index (Phi) is 7.91. The molecule has 7 heteroatoms. The molecule has 1 saturated heterocycles. The molecule has 1 amide bonds. The van der Waals surface area contributed by atoms with E-state index in [1.165, 1.54) is 0 Å². The van der Waals surface area contributed by atoms with Crippen LogP contribution in [0.3, 0.4) is 0 Å². The highest BCUT2D eigenvalue weighted by atomic mass is 32.1. The molecule has 2 unspecified atom stereocenters. The van der Waals surface area contributed by atoms with E-state index in [2.05, 4.69) is 24.1 Å². The number of carbonyl (C=O) groups excluding carboxylic acids is 1. The monoisotopic (exact) mass is 343 g/mol. The number of carbonyl (C=O) groups is 2. The van der Waals surface area contributed by atoms with Crippen LogP contribution in [0.25, 0.3) is 0 Å². The van der Waals surface area contributed by atoms with E-state index in [4.69, 9.17) is 17.3 Å². The van der Waals surface area contributed by atoms with Crippen LogP contribution in [0.15, 0.2) is 0 Å². The largest absolute Gasteiger partial charge is 0.481 e. The number of nitrogens with zero attached hydrogens (tertiary/aromatic N) is 2. The predicted molar refractivity (Wildman–Crippen MR) is 94.5 cm³/mol. The lowest BCUT2D eigenvalue weighted by Crippen LogP contribution is -2.54. The van der Waals surface area contributed by atoms with Gasteiger partial charge < -0.3 is 20.2 Å². The Bertz CT molecular complexity index is 440. The second-order valence-electron chi connectivity index (χ2n) is 6.78. The number of thiocarbonyl (C=S) groups is 1. The van der Waals surface area contributed by atoms with Crippen molar-refractivity contribution >= 4 is 29.1 Å².